The van der Waals surface area contributed by atoms with Crippen LogP contribution < -0.4 is 5.32 Å². The molecule has 0 radical (unpaired) electrons. The SMILES string of the molecule is CCn1cccc1CNc1cccc(S(=O)(=O)N(C)C)c1. The summed E-state index contributed by atoms with van der Waals surface area (Å²) in [5, 5.41) is 3.27. The highest BCUT2D eigenvalue weighted by molar-refractivity contribution is 7.89. The number of benzene rings is 1. The molecule has 5 nitrogen and oxygen atoms in total. The van der Waals surface area contributed by atoms with Gasteiger partial charge in [0, 0.05) is 38.2 Å². The second kappa shape index (κ2) is 6.32. The van der Waals surface area contributed by atoms with Gasteiger partial charge < -0.3 is 9.88 Å². The van der Waals surface area contributed by atoms with E-state index < -0.39 is 10.0 Å². The van der Waals surface area contributed by atoms with Crippen molar-refractivity contribution < 1.29 is 8.42 Å². The molecule has 1 aromatic carbocycles. The summed E-state index contributed by atoms with van der Waals surface area (Å²) in [6.07, 6.45) is 2.03. The van der Waals surface area contributed by atoms with Crippen LogP contribution >= 0.6 is 0 Å². The van der Waals surface area contributed by atoms with Crippen LogP contribution in [0.4, 0.5) is 5.69 Å². The lowest BCUT2D eigenvalue weighted by Crippen LogP contribution is -2.22. The largest absolute Gasteiger partial charge is 0.379 e. The summed E-state index contributed by atoms with van der Waals surface area (Å²) < 4.78 is 27.6. The lowest BCUT2D eigenvalue weighted by Gasteiger charge is -2.13. The van der Waals surface area contributed by atoms with E-state index in [0.717, 1.165) is 12.2 Å². The molecule has 0 bridgehead atoms. The Labute approximate surface area is 126 Å². The zero-order valence-electron chi connectivity index (χ0n) is 12.6. The quantitative estimate of drug-likeness (QED) is 0.891. The Kier molecular flexibility index (Phi) is 4.69. The molecule has 1 N–H and O–H groups in total. The van der Waals surface area contributed by atoms with Gasteiger partial charge in [-0.3, -0.25) is 0 Å². The van der Waals surface area contributed by atoms with Crippen LogP contribution in [0.2, 0.25) is 0 Å². The highest BCUT2D eigenvalue weighted by Gasteiger charge is 2.17. The molecule has 21 heavy (non-hydrogen) atoms. The number of nitrogens with one attached hydrogen (secondary N) is 1. The summed E-state index contributed by atoms with van der Waals surface area (Å²) in [7, 11) is -0.334. The van der Waals surface area contributed by atoms with Crippen LogP contribution in [0.1, 0.15) is 12.6 Å². The van der Waals surface area contributed by atoms with Gasteiger partial charge in [0.25, 0.3) is 0 Å². The predicted octanol–water partition coefficient (Wildman–Crippen LogP) is 2.37. The minimum Gasteiger partial charge on any atom is -0.379 e. The van der Waals surface area contributed by atoms with Gasteiger partial charge >= 0.3 is 0 Å². The Hall–Kier alpha value is -1.79. The molecule has 0 fully saturated rings. The van der Waals surface area contributed by atoms with E-state index in [1.165, 1.54) is 24.1 Å². The fraction of sp³-hybridized carbons (Fsp3) is 0.333. The number of hydrogen-bond acceptors (Lipinski definition) is 3. The van der Waals surface area contributed by atoms with Gasteiger partial charge in [0.2, 0.25) is 10.0 Å². The van der Waals surface area contributed by atoms with E-state index in [1.807, 2.05) is 18.3 Å². The number of anilines is 1. The normalized spacial score (nSPS) is 11.8. The summed E-state index contributed by atoms with van der Waals surface area (Å²) >= 11 is 0. The first-order valence-electron chi connectivity index (χ1n) is 6.85. The molecular weight excluding hydrogens is 286 g/mol. The van der Waals surface area contributed by atoms with Gasteiger partial charge in [0.05, 0.1) is 11.4 Å². The summed E-state index contributed by atoms with van der Waals surface area (Å²) in [6, 6.07) is 10.9. The van der Waals surface area contributed by atoms with Gasteiger partial charge in [-0.25, -0.2) is 12.7 Å². The van der Waals surface area contributed by atoms with Crippen LogP contribution in [0.5, 0.6) is 0 Å². The molecule has 1 heterocycles. The molecule has 0 atom stereocenters. The molecule has 6 heteroatoms. The summed E-state index contributed by atoms with van der Waals surface area (Å²) in [4.78, 5) is 0.295. The summed E-state index contributed by atoms with van der Waals surface area (Å²) in [5.74, 6) is 0. The lowest BCUT2D eigenvalue weighted by atomic mass is 10.3. The molecular formula is C15H21N3O2S. The molecule has 0 spiro atoms. The van der Waals surface area contributed by atoms with Crippen LogP contribution in [0.25, 0.3) is 0 Å². The maximum absolute atomic E-state index is 12.1. The highest BCUT2D eigenvalue weighted by Crippen LogP contribution is 2.18. The fourth-order valence-corrected chi connectivity index (χ4v) is 3.04. The lowest BCUT2D eigenvalue weighted by molar-refractivity contribution is 0.521. The number of rotatable bonds is 6. The second-order valence-electron chi connectivity index (χ2n) is 4.95. The zero-order valence-corrected chi connectivity index (χ0v) is 13.4. The van der Waals surface area contributed by atoms with Crippen molar-refractivity contribution in [3.63, 3.8) is 0 Å². The molecule has 0 aliphatic carbocycles. The molecule has 2 rings (SSSR count). The van der Waals surface area contributed by atoms with E-state index in [1.54, 1.807) is 18.2 Å². The van der Waals surface area contributed by atoms with E-state index in [2.05, 4.69) is 22.9 Å². The summed E-state index contributed by atoms with van der Waals surface area (Å²) in [5.41, 5.74) is 1.96. The first-order valence-corrected chi connectivity index (χ1v) is 8.29. The van der Waals surface area contributed by atoms with Crippen LogP contribution in [0.3, 0.4) is 0 Å². The van der Waals surface area contributed by atoms with Crippen molar-refractivity contribution in [2.75, 3.05) is 19.4 Å². The third-order valence-corrected chi connectivity index (χ3v) is 5.16. The molecule has 114 valence electrons. The van der Waals surface area contributed by atoms with Crippen molar-refractivity contribution in [2.45, 2.75) is 24.9 Å². The Morgan fingerprint density at radius 3 is 2.62 bits per heavy atom. The molecule has 0 saturated carbocycles. The van der Waals surface area contributed by atoms with Crippen molar-refractivity contribution in [1.82, 2.24) is 8.87 Å². The number of sulfonamides is 1. The smallest absolute Gasteiger partial charge is 0.242 e. The fourth-order valence-electron chi connectivity index (χ4n) is 2.09. The van der Waals surface area contributed by atoms with Gasteiger partial charge in [-0.1, -0.05) is 6.07 Å². The zero-order chi connectivity index (χ0) is 15.5. The molecule has 0 saturated heterocycles. The Morgan fingerprint density at radius 1 is 1.19 bits per heavy atom. The van der Waals surface area contributed by atoms with E-state index in [4.69, 9.17) is 0 Å². The predicted molar refractivity (Wildman–Crippen MR) is 84.7 cm³/mol. The second-order valence-corrected chi connectivity index (χ2v) is 7.11. The van der Waals surface area contributed by atoms with E-state index in [0.29, 0.717) is 11.4 Å². The maximum Gasteiger partial charge on any atom is 0.242 e. The standard InChI is InChI=1S/C15H21N3O2S/c1-4-18-10-6-8-14(18)12-16-13-7-5-9-15(11-13)21(19,20)17(2)3/h5-11,16H,4,12H2,1-3H3. The minimum atomic E-state index is -3.40. The third-order valence-electron chi connectivity index (χ3n) is 3.35. The first-order chi connectivity index (χ1) is 9.95. The van der Waals surface area contributed by atoms with Crippen molar-refractivity contribution in [2.24, 2.45) is 0 Å². The Bertz CT molecular complexity index is 705. The minimum absolute atomic E-state index is 0.295. The van der Waals surface area contributed by atoms with E-state index in [9.17, 15) is 8.42 Å². The average Bonchev–Trinajstić information content (AvgIpc) is 2.92. The molecule has 0 aliphatic rings. The number of aryl methyl sites for hydroxylation is 1. The molecule has 2 aromatic rings. The van der Waals surface area contributed by atoms with Gasteiger partial charge in [-0.05, 0) is 37.3 Å². The average molecular weight is 307 g/mol. The van der Waals surface area contributed by atoms with Gasteiger partial charge in [-0.2, -0.15) is 0 Å². The molecule has 0 aliphatic heterocycles. The van der Waals surface area contributed by atoms with Crippen LogP contribution in [0, 0.1) is 0 Å². The van der Waals surface area contributed by atoms with Crippen molar-refractivity contribution in [3.05, 3.63) is 48.3 Å². The number of aromatic nitrogens is 1. The Morgan fingerprint density at radius 2 is 1.95 bits per heavy atom. The van der Waals surface area contributed by atoms with E-state index in [-0.39, 0.29) is 0 Å². The topological polar surface area (TPSA) is 54.3 Å². The third kappa shape index (κ3) is 3.46. The van der Waals surface area contributed by atoms with E-state index >= 15 is 0 Å². The monoisotopic (exact) mass is 307 g/mol. The molecule has 0 amide bonds. The number of nitrogens with zero attached hydrogens (tertiary/aromatic N) is 2. The Balaban J connectivity index is 2.16. The first kappa shape index (κ1) is 15.6. The molecule has 0 unspecified atom stereocenters. The van der Waals surface area contributed by atoms with Gasteiger partial charge in [-0.15, -0.1) is 0 Å². The highest BCUT2D eigenvalue weighted by atomic mass is 32.2. The van der Waals surface area contributed by atoms with Crippen LogP contribution in [-0.4, -0.2) is 31.4 Å². The van der Waals surface area contributed by atoms with Crippen molar-refractivity contribution in [3.8, 4) is 0 Å². The van der Waals surface area contributed by atoms with Crippen molar-refractivity contribution >= 4 is 15.7 Å². The summed E-state index contributed by atoms with van der Waals surface area (Å²) in [6.45, 7) is 3.67. The molecule has 1 aromatic heterocycles. The number of hydrogen-bond donors (Lipinski definition) is 1. The maximum atomic E-state index is 12.1. The van der Waals surface area contributed by atoms with Crippen molar-refractivity contribution in [1.29, 1.82) is 0 Å². The van der Waals surface area contributed by atoms with Crippen LogP contribution in [-0.2, 0) is 23.1 Å². The van der Waals surface area contributed by atoms with Crippen LogP contribution in [0.15, 0.2) is 47.5 Å². The van der Waals surface area contributed by atoms with Gasteiger partial charge in [0.15, 0.2) is 0 Å². The van der Waals surface area contributed by atoms with Gasteiger partial charge in [0.1, 0.15) is 0 Å².